The molecule has 1 aliphatic rings. The summed E-state index contributed by atoms with van der Waals surface area (Å²) in [7, 11) is 0.913. The lowest BCUT2D eigenvalue weighted by Crippen LogP contribution is -2.40. The molecule has 1 heterocycles. The first-order chi connectivity index (χ1) is 10.00. The molecule has 1 unspecified atom stereocenters. The van der Waals surface area contributed by atoms with E-state index in [-0.39, 0.29) is 5.92 Å². The van der Waals surface area contributed by atoms with E-state index >= 15 is 0 Å². The van der Waals surface area contributed by atoms with Gasteiger partial charge in [0.25, 0.3) is 0 Å². The van der Waals surface area contributed by atoms with E-state index in [1.165, 1.54) is 5.56 Å². The molecule has 6 heteroatoms. The summed E-state index contributed by atoms with van der Waals surface area (Å²) >= 11 is 0. The molecular weight excluding hydrogens is 286 g/mol. The van der Waals surface area contributed by atoms with Gasteiger partial charge in [-0.05, 0) is 17.9 Å². The van der Waals surface area contributed by atoms with Gasteiger partial charge in [-0.1, -0.05) is 30.3 Å². The van der Waals surface area contributed by atoms with E-state index in [0.717, 1.165) is 18.9 Å². The Morgan fingerprint density at radius 3 is 2.67 bits per heavy atom. The fraction of sp³-hybridized carbons (Fsp3) is 0.533. The number of nitrogens with one attached hydrogen (secondary N) is 1. The van der Waals surface area contributed by atoms with Crippen LogP contribution in [0.15, 0.2) is 35.3 Å². The number of nitrogens with zero attached hydrogens (tertiary/aromatic N) is 2. The Bertz CT molecular complexity index is 584. The summed E-state index contributed by atoms with van der Waals surface area (Å²) in [5, 5.41) is 3.28. The van der Waals surface area contributed by atoms with Crippen LogP contribution < -0.4 is 5.32 Å². The largest absolute Gasteiger partial charge is 0.356 e. The molecule has 0 bridgehead atoms. The van der Waals surface area contributed by atoms with Crippen LogP contribution in [0.1, 0.15) is 12.0 Å². The van der Waals surface area contributed by atoms with Crippen LogP contribution in [0, 0.1) is 5.92 Å². The smallest absolute Gasteiger partial charge is 0.193 e. The normalized spacial score (nSPS) is 21.2. The average molecular weight is 309 g/mol. The minimum absolute atomic E-state index is 0.192. The van der Waals surface area contributed by atoms with Crippen molar-refractivity contribution in [3.8, 4) is 0 Å². The van der Waals surface area contributed by atoms with Gasteiger partial charge < -0.3 is 10.2 Å². The number of sulfone groups is 1. The molecular formula is C15H23N3O2S. The molecule has 2 rings (SSSR count). The second-order valence-corrected chi connectivity index (χ2v) is 7.77. The SMILES string of the molecule is CN=C(NCC1CCS(=O)(=O)C1)N(C)Cc1ccccc1. The first kappa shape index (κ1) is 15.8. The topological polar surface area (TPSA) is 61.8 Å². The minimum atomic E-state index is -2.81. The molecule has 0 aliphatic carbocycles. The summed E-state index contributed by atoms with van der Waals surface area (Å²) in [5.74, 6) is 1.59. The fourth-order valence-corrected chi connectivity index (χ4v) is 4.45. The molecule has 0 radical (unpaired) electrons. The van der Waals surface area contributed by atoms with Gasteiger partial charge in [0.2, 0.25) is 0 Å². The lowest BCUT2D eigenvalue weighted by molar-refractivity contribution is 0.463. The molecule has 0 aromatic heterocycles. The Hall–Kier alpha value is -1.56. The Morgan fingerprint density at radius 2 is 2.10 bits per heavy atom. The van der Waals surface area contributed by atoms with Crippen LogP contribution in [0.4, 0.5) is 0 Å². The first-order valence-corrected chi connectivity index (χ1v) is 8.98. The molecule has 0 saturated carbocycles. The third kappa shape index (κ3) is 4.74. The highest BCUT2D eigenvalue weighted by Gasteiger charge is 2.27. The van der Waals surface area contributed by atoms with Crippen molar-refractivity contribution in [3.05, 3.63) is 35.9 Å². The summed E-state index contributed by atoms with van der Waals surface area (Å²) in [4.78, 5) is 6.30. The molecule has 116 valence electrons. The van der Waals surface area contributed by atoms with Crippen LogP contribution in [-0.2, 0) is 16.4 Å². The highest BCUT2D eigenvalue weighted by Crippen LogP contribution is 2.17. The van der Waals surface area contributed by atoms with Gasteiger partial charge in [0.15, 0.2) is 15.8 Å². The van der Waals surface area contributed by atoms with Crippen molar-refractivity contribution in [2.24, 2.45) is 10.9 Å². The van der Waals surface area contributed by atoms with Gasteiger partial charge in [-0.3, -0.25) is 4.99 Å². The van der Waals surface area contributed by atoms with E-state index < -0.39 is 9.84 Å². The van der Waals surface area contributed by atoms with Crippen LogP contribution >= 0.6 is 0 Å². The van der Waals surface area contributed by atoms with E-state index in [9.17, 15) is 8.42 Å². The Balaban J connectivity index is 1.86. The fourth-order valence-electron chi connectivity index (χ4n) is 2.59. The Morgan fingerprint density at radius 1 is 1.38 bits per heavy atom. The maximum Gasteiger partial charge on any atom is 0.193 e. The third-order valence-corrected chi connectivity index (χ3v) is 5.55. The quantitative estimate of drug-likeness (QED) is 0.669. The number of benzene rings is 1. The summed E-state index contributed by atoms with van der Waals surface area (Å²) in [6.45, 7) is 1.43. The predicted molar refractivity (Wildman–Crippen MR) is 86.0 cm³/mol. The van der Waals surface area contributed by atoms with Gasteiger partial charge in [0, 0.05) is 27.2 Å². The van der Waals surface area contributed by atoms with E-state index in [1.54, 1.807) is 7.05 Å². The lowest BCUT2D eigenvalue weighted by atomic mass is 10.1. The zero-order valence-electron chi connectivity index (χ0n) is 12.6. The molecule has 1 aliphatic heterocycles. The van der Waals surface area contributed by atoms with Crippen molar-refractivity contribution in [3.63, 3.8) is 0 Å². The van der Waals surface area contributed by atoms with Crippen LogP contribution in [0.25, 0.3) is 0 Å². The maximum absolute atomic E-state index is 11.5. The molecule has 0 amide bonds. The molecule has 5 nitrogen and oxygen atoms in total. The second kappa shape index (κ2) is 6.93. The second-order valence-electron chi connectivity index (χ2n) is 5.54. The first-order valence-electron chi connectivity index (χ1n) is 7.16. The Labute approximate surface area is 127 Å². The van der Waals surface area contributed by atoms with Crippen LogP contribution in [-0.4, -0.2) is 51.4 Å². The van der Waals surface area contributed by atoms with E-state index in [2.05, 4.69) is 22.4 Å². The van der Waals surface area contributed by atoms with Crippen molar-refractivity contribution < 1.29 is 8.42 Å². The highest BCUT2D eigenvalue weighted by atomic mass is 32.2. The molecule has 1 fully saturated rings. The van der Waals surface area contributed by atoms with Crippen molar-refractivity contribution in [1.29, 1.82) is 0 Å². The maximum atomic E-state index is 11.5. The Kier molecular flexibility index (Phi) is 5.22. The van der Waals surface area contributed by atoms with Crippen molar-refractivity contribution in [2.45, 2.75) is 13.0 Å². The third-order valence-electron chi connectivity index (χ3n) is 3.71. The van der Waals surface area contributed by atoms with Crippen molar-refractivity contribution >= 4 is 15.8 Å². The number of guanidine groups is 1. The molecule has 1 aromatic rings. The molecule has 1 aromatic carbocycles. The van der Waals surface area contributed by atoms with Gasteiger partial charge in [-0.25, -0.2) is 8.42 Å². The monoisotopic (exact) mass is 309 g/mol. The summed E-state index contributed by atoms with van der Waals surface area (Å²) in [6, 6.07) is 10.2. The summed E-state index contributed by atoms with van der Waals surface area (Å²) < 4.78 is 22.9. The molecule has 1 N–H and O–H groups in total. The lowest BCUT2D eigenvalue weighted by Gasteiger charge is -2.23. The van der Waals surface area contributed by atoms with Crippen molar-refractivity contribution in [1.82, 2.24) is 10.2 Å². The van der Waals surface area contributed by atoms with Crippen LogP contribution in [0.5, 0.6) is 0 Å². The number of hydrogen-bond donors (Lipinski definition) is 1. The van der Waals surface area contributed by atoms with Crippen LogP contribution in [0.2, 0.25) is 0 Å². The number of hydrogen-bond acceptors (Lipinski definition) is 3. The number of rotatable bonds is 4. The van der Waals surface area contributed by atoms with E-state index in [1.807, 2.05) is 30.1 Å². The predicted octanol–water partition coefficient (Wildman–Crippen LogP) is 1.13. The standard InChI is InChI=1S/C15H23N3O2S/c1-16-15(17-10-14-8-9-21(19,20)12-14)18(2)11-13-6-4-3-5-7-13/h3-7,14H,8-12H2,1-2H3,(H,16,17). The zero-order valence-corrected chi connectivity index (χ0v) is 13.4. The van der Waals surface area contributed by atoms with Gasteiger partial charge in [-0.15, -0.1) is 0 Å². The molecule has 1 saturated heterocycles. The highest BCUT2D eigenvalue weighted by molar-refractivity contribution is 7.91. The summed E-state index contributed by atoms with van der Waals surface area (Å²) in [6.07, 6.45) is 0.745. The molecule has 1 atom stereocenters. The van der Waals surface area contributed by atoms with Crippen LogP contribution in [0.3, 0.4) is 0 Å². The van der Waals surface area contributed by atoms with Gasteiger partial charge >= 0.3 is 0 Å². The van der Waals surface area contributed by atoms with Gasteiger partial charge in [0.1, 0.15) is 0 Å². The average Bonchev–Trinajstić information content (AvgIpc) is 2.80. The van der Waals surface area contributed by atoms with Gasteiger partial charge in [-0.2, -0.15) is 0 Å². The molecule has 21 heavy (non-hydrogen) atoms. The van der Waals surface area contributed by atoms with Crippen molar-refractivity contribution in [2.75, 3.05) is 32.1 Å². The van der Waals surface area contributed by atoms with E-state index in [0.29, 0.717) is 18.1 Å². The van der Waals surface area contributed by atoms with E-state index in [4.69, 9.17) is 0 Å². The summed E-state index contributed by atoms with van der Waals surface area (Å²) in [5.41, 5.74) is 1.21. The minimum Gasteiger partial charge on any atom is -0.356 e. The molecule has 0 spiro atoms. The zero-order chi connectivity index (χ0) is 15.3. The van der Waals surface area contributed by atoms with Gasteiger partial charge in [0.05, 0.1) is 11.5 Å². The number of aliphatic imine (C=N–C) groups is 1.